The van der Waals surface area contributed by atoms with Gasteiger partial charge in [0.05, 0.1) is 12.2 Å². The molecule has 1 aliphatic rings. The van der Waals surface area contributed by atoms with Crippen LogP contribution in [0.2, 0.25) is 0 Å². The summed E-state index contributed by atoms with van der Waals surface area (Å²) in [5.41, 5.74) is 2.59. The van der Waals surface area contributed by atoms with Crippen LogP contribution in [0.15, 0.2) is 42.9 Å². The fourth-order valence-corrected chi connectivity index (χ4v) is 3.14. The zero-order chi connectivity index (χ0) is 17.6. The third-order valence-electron chi connectivity index (χ3n) is 4.53. The van der Waals surface area contributed by atoms with Crippen molar-refractivity contribution in [2.24, 2.45) is 0 Å². The Labute approximate surface area is 146 Å². The maximum Gasteiger partial charge on any atom is 0.255 e. The summed E-state index contributed by atoms with van der Waals surface area (Å²) in [5.74, 6) is 0.837. The fourth-order valence-electron chi connectivity index (χ4n) is 3.14. The Morgan fingerprint density at radius 1 is 1.12 bits per heavy atom. The van der Waals surface area contributed by atoms with Crippen LogP contribution in [0.5, 0.6) is 0 Å². The van der Waals surface area contributed by atoms with Crippen LogP contribution in [0.4, 0.5) is 0 Å². The minimum atomic E-state index is -0.102. The van der Waals surface area contributed by atoms with Crippen molar-refractivity contribution in [1.29, 1.82) is 0 Å². The third-order valence-corrected chi connectivity index (χ3v) is 4.53. The number of carbonyl (C=O) groups excluding carboxylic acids is 1. The number of carbonyl (C=O) groups is 1. The van der Waals surface area contributed by atoms with Gasteiger partial charge in [0, 0.05) is 47.1 Å². The molecule has 3 heterocycles. The van der Waals surface area contributed by atoms with Crippen LogP contribution in [-0.2, 0) is 18.5 Å². The SMILES string of the molecule is CC(C)(C)c1ncc2c(n1)CN(C(=O)c1cccc3cnccc13)C2. The molecule has 2 aromatic heterocycles. The number of rotatable bonds is 1. The number of aromatic nitrogens is 3. The van der Waals surface area contributed by atoms with E-state index in [2.05, 4.69) is 30.7 Å². The lowest BCUT2D eigenvalue weighted by atomic mass is 9.95. The molecule has 0 N–H and O–H groups in total. The quantitative estimate of drug-likeness (QED) is 0.684. The molecular formula is C20H20N4O. The predicted molar refractivity (Wildman–Crippen MR) is 96.1 cm³/mol. The molecule has 0 radical (unpaired) electrons. The van der Waals surface area contributed by atoms with Crippen LogP contribution in [0, 0.1) is 0 Å². The second kappa shape index (κ2) is 5.62. The van der Waals surface area contributed by atoms with Crippen molar-refractivity contribution in [3.8, 4) is 0 Å². The first-order valence-electron chi connectivity index (χ1n) is 8.41. The smallest absolute Gasteiger partial charge is 0.255 e. The van der Waals surface area contributed by atoms with Crippen LogP contribution in [0.3, 0.4) is 0 Å². The van der Waals surface area contributed by atoms with E-state index in [0.717, 1.165) is 27.9 Å². The van der Waals surface area contributed by atoms with E-state index >= 15 is 0 Å². The van der Waals surface area contributed by atoms with E-state index in [0.29, 0.717) is 18.7 Å². The molecule has 5 nitrogen and oxygen atoms in total. The van der Waals surface area contributed by atoms with Gasteiger partial charge in [-0.05, 0) is 17.5 Å². The molecule has 1 aliphatic heterocycles. The van der Waals surface area contributed by atoms with E-state index in [9.17, 15) is 4.79 Å². The van der Waals surface area contributed by atoms with Crippen molar-refractivity contribution in [3.05, 3.63) is 65.5 Å². The van der Waals surface area contributed by atoms with Crippen molar-refractivity contribution in [1.82, 2.24) is 19.9 Å². The van der Waals surface area contributed by atoms with Gasteiger partial charge in [-0.15, -0.1) is 0 Å². The highest BCUT2D eigenvalue weighted by Crippen LogP contribution is 2.27. The van der Waals surface area contributed by atoms with Crippen LogP contribution in [-0.4, -0.2) is 25.8 Å². The van der Waals surface area contributed by atoms with Gasteiger partial charge in [0.25, 0.3) is 5.91 Å². The maximum atomic E-state index is 13.1. The summed E-state index contributed by atoms with van der Waals surface area (Å²) in [5, 5.41) is 1.90. The summed E-state index contributed by atoms with van der Waals surface area (Å²) in [6.07, 6.45) is 5.37. The van der Waals surface area contributed by atoms with E-state index in [-0.39, 0.29) is 11.3 Å². The molecule has 0 saturated carbocycles. The average Bonchev–Trinajstić information content (AvgIpc) is 3.03. The van der Waals surface area contributed by atoms with Crippen LogP contribution in [0.25, 0.3) is 10.8 Å². The lowest BCUT2D eigenvalue weighted by Gasteiger charge is -2.17. The Morgan fingerprint density at radius 3 is 2.76 bits per heavy atom. The first-order chi connectivity index (χ1) is 11.9. The van der Waals surface area contributed by atoms with Gasteiger partial charge in [0.2, 0.25) is 0 Å². The van der Waals surface area contributed by atoms with Crippen molar-refractivity contribution in [2.45, 2.75) is 39.3 Å². The first-order valence-corrected chi connectivity index (χ1v) is 8.41. The van der Waals surface area contributed by atoms with Gasteiger partial charge in [-0.2, -0.15) is 0 Å². The molecule has 0 bridgehead atoms. The number of benzene rings is 1. The molecule has 0 saturated heterocycles. The molecule has 1 amide bonds. The Bertz CT molecular complexity index is 970. The van der Waals surface area contributed by atoms with Gasteiger partial charge >= 0.3 is 0 Å². The molecule has 25 heavy (non-hydrogen) atoms. The highest BCUT2D eigenvalue weighted by Gasteiger charge is 2.28. The van der Waals surface area contributed by atoms with Gasteiger partial charge in [-0.1, -0.05) is 32.9 Å². The molecule has 0 unspecified atom stereocenters. The number of fused-ring (bicyclic) bond motifs is 2. The molecule has 126 valence electrons. The maximum absolute atomic E-state index is 13.1. The van der Waals surface area contributed by atoms with Gasteiger partial charge < -0.3 is 4.90 Å². The molecule has 5 heteroatoms. The van der Waals surface area contributed by atoms with Crippen molar-refractivity contribution < 1.29 is 4.79 Å². The van der Waals surface area contributed by atoms with Crippen molar-refractivity contribution in [2.75, 3.05) is 0 Å². The highest BCUT2D eigenvalue weighted by atomic mass is 16.2. The summed E-state index contributed by atoms with van der Waals surface area (Å²) < 4.78 is 0. The second-order valence-corrected chi connectivity index (χ2v) is 7.48. The standard InChI is InChI=1S/C20H20N4O/c1-20(2,3)19-22-10-14-11-24(12-17(14)23-19)18(25)16-6-4-5-13-9-21-8-7-15(13)16/h4-10H,11-12H2,1-3H3. The van der Waals surface area contributed by atoms with Crippen LogP contribution in [0.1, 0.15) is 48.2 Å². The molecule has 0 fully saturated rings. The van der Waals surface area contributed by atoms with Gasteiger partial charge in [0.15, 0.2) is 0 Å². The average molecular weight is 332 g/mol. The van der Waals surface area contributed by atoms with E-state index in [1.165, 1.54) is 0 Å². The monoisotopic (exact) mass is 332 g/mol. The molecule has 3 aromatic rings. The Kier molecular flexibility index (Phi) is 3.53. The normalized spacial score (nSPS) is 14.0. The summed E-state index contributed by atoms with van der Waals surface area (Å²) in [7, 11) is 0. The lowest BCUT2D eigenvalue weighted by molar-refractivity contribution is 0.0752. The Balaban J connectivity index is 1.66. The molecule has 0 atom stereocenters. The fraction of sp³-hybridized carbons (Fsp3) is 0.300. The van der Waals surface area contributed by atoms with Crippen LogP contribution >= 0.6 is 0 Å². The Hall–Kier alpha value is -2.82. The minimum Gasteiger partial charge on any atom is -0.328 e. The summed E-state index contributed by atoms with van der Waals surface area (Å²) in [6, 6.07) is 7.64. The molecule has 4 rings (SSSR count). The van der Waals surface area contributed by atoms with E-state index in [1.54, 1.807) is 12.4 Å². The second-order valence-electron chi connectivity index (χ2n) is 7.48. The largest absolute Gasteiger partial charge is 0.328 e. The van der Waals surface area contributed by atoms with Gasteiger partial charge in [-0.25, -0.2) is 9.97 Å². The zero-order valence-corrected chi connectivity index (χ0v) is 14.7. The lowest BCUT2D eigenvalue weighted by Crippen LogP contribution is -2.25. The van der Waals surface area contributed by atoms with Gasteiger partial charge in [0.1, 0.15) is 5.82 Å². The topological polar surface area (TPSA) is 59.0 Å². The Morgan fingerprint density at radius 2 is 1.96 bits per heavy atom. The molecule has 1 aromatic carbocycles. The minimum absolute atomic E-state index is 0.0205. The molecule has 0 spiro atoms. The highest BCUT2D eigenvalue weighted by molar-refractivity contribution is 6.06. The van der Waals surface area contributed by atoms with E-state index in [4.69, 9.17) is 4.98 Å². The number of amides is 1. The summed E-state index contributed by atoms with van der Waals surface area (Å²) in [6.45, 7) is 7.37. The van der Waals surface area contributed by atoms with Crippen LogP contribution < -0.4 is 0 Å². The van der Waals surface area contributed by atoms with Crippen molar-refractivity contribution in [3.63, 3.8) is 0 Å². The number of hydrogen-bond donors (Lipinski definition) is 0. The summed E-state index contributed by atoms with van der Waals surface area (Å²) in [4.78, 5) is 28.2. The molecule has 0 aliphatic carbocycles. The van der Waals surface area contributed by atoms with Gasteiger partial charge in [-0.3, -0.25) is 9.78 Å². The number of pyridine rings is 1. The number of nitrogens with zero attached hydrogens (tertiary/aromatic N) is 4. The zero-order valence-electron chi connectivity index (χ0n) is 14.7. The summed E-state index contributed by atoms with van der Waals surface area (Å²) >= 11 is 0. The van der Waals surface area contributed by atoms with E-state index in [1.807, 2.05) is 35.4 Å². The number of hydrogen-bond acceptors (Lipinski definition) is 4. The predicted octanol–water partition coefficient (Wildman–Crippen LogP) is 3.48. The molecular weight excluding hydrogens is 312 g/mol. The van der Waals surface area contributed by atoms with E-state index < -0.39 is 0 Å². The van der Waals surface area contributed by atoms with Crippen molar-refractivity contribution >= 4 is 16.7 Å². The first kappa shape index (κ1) is 15.7. The third kappa shape index (κ3) is 2.76.